The first-order valence-corrected chi connectivity index (χ1v) is 10.2. The number of anilines is 1. The second kappa shape index (κ2) is 11.3. The molecule has 0 aromatic heterocycles. The van der Waals surface area contributed by atoms with Crippen molar-refractivity contribution in [3.05, 3.63) is 59.7 Å². The number of ether oxygens (including phenoxy) is 1. The van der Waals surface area contributed by atoms with Crippen molar-refractivity contribution < 1.29 is 32.3 Å². The van der Waals surface area contributed by atoms with Crippen LogP contribution in [0.5, 0.6) is 5.75 Å². The van der Waals surface area contributed by atoms with Crippen LogP contribution in [0.1, 0.15) is 29.8 Å². The van der Waals surface area contributed by atoms with Crippen molar-refractivity contribution in [3.8, 4) is 5.75 Å². The fourth-order valence-corrected chi connectivity index (χ4v) is 2.93. The molecular formula is C23H26F3N3O4. The number of halogens is 3. The minimum absolute atomic E-state index is 0.00886. The summed E-state index contributed by atoms with van der Waals surface area (Å²) in [6.07, 6.45) is -4.51. The number of benzene rings is 2. The number of alkyl halides is 3. The number of methoxy groups -OCH3 is 1. The van der Waals surface area contributed by atoms with Crippen LogP contribution in [-0.4, -0.2) is 49.4 Å². The zero-order chi connectivity index (χ0) is 24.6. The van der Waals surface area contributed by atoms with E-state index in [1.54, 1.807) is 24.3 Å². The maximum absolute atomic E-state index is 12.8. The number of nitrogens with zero attached hydrogens (tertiary/aromatic N) is 1. The van der Waals surface area contributed by atoms with Gasteiger partial charge in [-0.2, -0.15) is 13.2 Å². The van der Waals surface area contributed by atoms with E-state index in [0.29, 0.717) is 11.4 Å². The van der Waals surface area contributed by atoms with Gasteiger partial charge in [0.05, 0.1) is 25.8 Å². The van der Waals surface area contributed by atoms with E-state index in [4.69, 9.17) is 4.74 Å². The zero-order valence-corrected chi connectivity index (χ0v) is 18.5. The molecular weight excluding hydrogens is 439 g/mol. The lowest BCUT2D eigenvalue weighted by Gasteiger charge is -2.24. The molecule has 0 fully saturated rings. The van der Waals surface area contributed by atoms with Gasteiger partial charge in [0, 0.05) is 17.8 Å². The molecule has 33 heavy (non-hydrogen) atoms. The van der Waals surface area contributed by atoms with Crippen LogP contribution in [0.25, 0.3) is 0 Å². The molecule has 0 atom stereocenters. The molecule has 0 heterocycles. The summed E-state index contributed by atoms with van der Waals surface area (Å²) in [6.45, 7) is 3.24. The summed E-state index contributed by atoms with van der Waals surface area (Å²) in [6, 6.07) is 10.4. The van der Waals surface area contributed by atoms with Crippen molar-refractivity contribution in [1.82, 2.24) is 10.2 Å². The number of nitrogens with one attached hydrogen (secondary N) is 2. The number of carbonyl (C=O) groups excluding carboxylic acids is 3. The second-order valence-electron chi connectivity index (χ2n) is 7.71. The van der Waals surface area contributed by atoms with Crippen molar-refractivity contribution in [1.29, 1.82) is 0 Å². The van der Waals surface area contributed by atoms with Gasteiger partial charge in [0.15, 0.2) is 0 Å². The minimum atomic E-state index is -4.51. The summed E-state index contributed by atoms with van der Waals surface area (Å²) >= 11 is 0. The molecule has 2 aromatic rings. The molecule has 0 aliphatic carbocycles. The van der Waals surface area contributed by atoms with Crippen LogP contribution in [-0.2, 0) is 15.8 Å². The maximum atomic E-state index is 12.8. The molecule has 0 unspecified atom stereocenters. The number of amides is 3. The highest BCUT2D eigenvalue weighted by atomic mass is 19.4. The van der Waals surface area contributed by atoms with E-state index < -0.39 is 29.5 Å². The van der Waals surface area contributed by atoms with E-state index in [1.165, 1.54) is 12.0 Å². The third-order valence-corrected chi connectivity index (χ3v) is 4.49. The predicted octanol–water partition coefficient (Wildman–Crippen LogP) is 3.57. The van der Waals surface area contributed by atoms with Crippen LogP contribution in [0.15, 0.2) is 48.5 Å². The smallest absolute Gasteiger partial charge is 0.416 e. The first-order chi connectivity index (χ1) is 15.5. The molecule has 0 aliphatic heterocycles. The first kappa shape index (κ1) is 25.7. The molecule has 2 N–H and O–H groups in total. The maximum Gasteiger partial charge on any atom is 0.416 e. The Labute approximate surface area is 189 Å². The van der Waals surface area contributed by atoms with Gasteiger partial charge in [0.1, 0.15) is 5.75 Å². The third kappa shape index (κ3) is 8.13. The quantitative estimate of drug-likeness (QED) is 0.593. The molecule has 2 aromatic carbocycles. The largest absolute Gasteiger partial charge is 0.497 e. The molecule has 178 valence electrons. The predicted molar refractivity (Wildman–Crippen MR) is 117 cm³/mol. The first-order valence-electron chi connectivity index (χ1n) is 10.2. The van der Waals surface area contributed by atoms with Gasteiger partial charge >= 0.3 is 6.18 Å². The summed E-state index contributed by atoms with van der Waals surface area (Å²) in [5, 5.41) is 5.06. The highest BCUT2D eigenvalue weighted by molar-refractivity contribution is 5.98. The molecule has 0 bridgehead atoms. The molecule has 0 saturated heterocycles. The van der Waals surface area contributed by atoms with Crippen LogP contribution in [0.4, 0.5) is 18.9 Å². The topological polar surface area (TPSA) is 87.7 Å². The summed E-state index contributed by atoms with van der Waals surface area (Å²) < 4.78 is 43.3. The molecule has 7 nitrogen and oxygen atoms in total. The van der Waals surface area contributed by atoms with E-state index in [1.807, 2.05) is 13.8 Å². The Bertz CT molecular complexity index is 958. The van der Waals surface area contributed by atoms with Crippen LogP contribution in [0, 0.1) is 5.92 Å². The van der Waals surface area contributed by atoms with Crippen molar-refractivity contribution >= 4 is 23.4 Å². The Morgan fingerprint density at radius 2 is 1.58 bits per heavy atom. The summed E-state index contributed by atoms with van der Waals surface area (Å²) in [5.41, 5.74) is -0.308. The van der Waals surface area contributed by atoms with Crippen LogP contribution in [0.3, 0.4) is 0 Å². The molecule has 0 radical (unpaired) electrons. The van der Waals surface area contributed by atoms with E-state index in [9.17, 15) is 27.6 Å². The second-order valence-corrected chi connectivity index (χ2v) is 7.71. The monoisotopic (exact) mass is 465 g/mol. The Morgan fingerprint density at radius 1 is 0.970 bits per heavy atom. The number of hydrogen-bond donors (Lipinski definition) is 2. The highest BCUT2D eigenvalue weighted by Gasteiger charge is 2.30. The van der Waals surface area contributed by atoms with Gasteiger partial charge in [-0.05, 0) is 54.4 Å². The molecule has 0 aliphatic rings. The number of carbonyl (C=O) groups is 3. The third-order valence-electron chi connectivity index (χ3n) is 4.49. The van der Waals surface area contributed by atoms with Crippen molar-refractivity contribution in [2.45, 2.75) is 20.0 Å². The Balaban J connectivity index is 1.95. The van der Waals surface area contributed by atoms with Gasteiger partial charge in [-0.3, -0.25) is 14.4 Å². The lowest BCUT2D eigenvalue weighted by molar-refractivity contribution is -0.137. The van der Waals surface area contributed by atoms with Crippen molar-refractivity contribution in [2.24, 2.45) is 5.92 Å². The SMILES string of the molecule is COc1ccc(NC(=O)CNC(=O)CN(CC(C)C)C(=O)c2ccc(C(F)(F)F)cc2)cc1. The van der Waals surface area contributed by atoms with Gasteiger partial charge in [0.2, 0.25) is 11.8 Å². The lowest BCUT2D eigenvalue weighted by Crippen LogP contribution is -2.44. The molecule has 2 rings (SSSR count). The van der Waals surface area contributed by atoms with Crippen molar-refractivity contribution in [2.75, 3.05) is 32.1 Å². The lowest BCUT2D eigenvalue weighted by atomic mass is 10.1. The number of hydrogen-bond acceptors (Lipinski definition) is 4. The van der Waals surface area contributed by atoms with Gasteiger partial charge < -0.3 is 20.3 Å². The van der Waals surface area contributed by atoms with Gasteiger partial charge in [-0.15, -0.1) is 0 Å². The molecule has 3 amide bonds. The zero-order valence-electron chi connectivity index (χ0n) is 18.5. The molecule has 0 spiro atoms. The molecule has 10 heteroatoms. The van der Waals surface area contributed by atoms with Crippen LogP contribution >= 0.6 is 0 Å². The fraction of sp³-hybridized carbons (Fsp3) is 0.348. The van der Waals surface area contributed by atoms with Crippen LogP contribution < -0.4 is 15.4 Å². The summed E-state index contributed by atoms with van der Waals surface area (Å²) in [4.78, 5) is 38.4. The van der Waals surface area contributed by atoms with E-state index in [2.05, 4.69) is 10.6 Å². The Kier molecular flexibility index (Phi) is 8.84. The summed E-state index contributed by atoms with van der Waals surface area (Å²) in [5.74, 6) is -0.965. The van der Waals surface area contributed by atoms with E-state index in [0.717, 1.165) is 24.3 Å². The van der Waals surface area contributed by atoms with Gasteiger partial charge in [0.25, 0.3) is 5.91 Å². The molecule has 0 saturated carbocycles. The summed E-state index contributed by atoms with van der Waals surface area (Å²) in [7, 11) is 1.52. The Morgan fingerprint density at radius 3 is 2.09 bits per heavy atom. The normalized spacial score (nSPS) is 11.1. The minimum Gasteiger partial charge on any atom is -0.497 e. The van der Waals surface area contributed by atoms with Crippen molar-refractivity contribution in [3.63, 3.8) is 0 Å². The standard InChI is InChI=1S/C23H26F3N3O4/c1-15(2)13-29(22(32)16-4-6-17(7-5-16)23(24,25)26)14-21(31)27-12-20(30)28-18-8-10-19(33-3)11-9-18/h4-11,15H,12-14H2,1-3H3,(H,27,31)(H,28,30). The average Bonchev–Trinajstić information content (AvgIpc) is 2.76. The fourth-order valence-electron chi connectivity index (χ4n) is 2.93. The van der Waals surface area contributed by atoms with Gasteiger partial charge in [-0.25, -0.2) is 0 Å². The van der Waals surface area contributed by atoms with E-state index >= 15 is 0 Å². The average molecular weight is 465 g/mol. The van der Waals surface area contributed by atoms with E-state index in [-0.39, 0.29) is 31.1 Å². The number of rotatable bonds is 9. The van der Waals surface area contributed by atoms with Gasteiger partial charge in [-0.1, -0.05) is 13.8 Å². The Hall–Kier alpha value is -3.56. The van der Waals surface area contributed by atoms with Crippen LogP contribution in [0.2, 0.25) is 0 Å². The highest BCUT2D eigenvalue weighted by Crippen LogP contribution is 2.29.